The lowest BCUT2D eigenvalue weighted by molar-refractivity contribution is -0.113. The number of anilines is 1. The molecule has 0 heterocycles. The van der Waals surface area contributed by atoms with Gasteiger partial charge in [0.25, 0.3) is 0 Å². The number of rotatable bonds is 6. The smallest absolute Gasteiger partial charge is 0.240 e. The van der Waals surface area contributed by atoms with Gasteiger partial charge in [-0.2, -0.15) is 0 Å². The zero-order chi connectivity index (χ0) is 20.3. The second-order valence-electron chi connectivity index (χ2n) is 6.12. The van der Waals surface area contributed by atoms with E-state index in [2.05, 4.69) is 10.0 Å². The molecule has 0 bridgehead atoms. The first-order chi connectivity index (χ1) is 13.3. The Hall–Kier alpha value is -2.06. The molecule has 0 saturated carbocycles. The maximum atomic E-state index is 12.4. The number of halogens is 1. The third-order valence-corrected chi connectivity index (χ3v) is 7.13. The standard InChI is InChI=1S/C20H19ClN2O3S2/c1-13-9-10-15(11-18(13)28(25,26)22-2)23-19(24)12-27-17-8-4-6-14-5-3-7-16(21)20(14)17/h3-11,22H,12H2,1-2H3,(H,23,24). The van der Waals surface area contributed by atoms with Crippen molar-refractivity contribution < 1.29 is 13.2 Å². The van der Waals surface area contributed by atoms with E-state index in [4.69, 9.17) is 11.6 Å². The van der Waals surface area contributed by atoms with Gasteiger partial charge in [-0.1, -0.05) is 41.9 Å². The number of nitrogens with one attached hydrogen (secondary N) is 2. The highest BCUT2D eigenvalue weighted by atomic mass is 35.5. The van der Waals surface area contributed by atoms with E-state index in [1.165, 1.54) is 24.9 Å². The molecule has 0 aromatic heterocycles. The first-order valence-corrected chi connectivity index (χ1v) is 11.3. The Morgan fingerprint density at radius 3 is 2.54 bits per heavy atom. The molecule has 0 atom stereocenters. The first kappa shape index (κ1) is 20.7. The molecule has 0 spiro atoms. The van der Waals surface area contributed by atoms with Crippen LogP contribution in [0.5, 0.6) is 0 Å². The average molecular weight is 435 g/mol. The Bertz CT molecular complexity index is 1140. The summed E-state index contributed by atoms with van der Waals surface area (Å²) >= 11 is 7.70. The summed E-state index contributed by atoms with van der Waals surface area (Å²) in [6.07, 6.45) is 0. The van der Waals surface area contributed by atoms with Crippen molar-refractivity contribution >= 4 is 55.8 Å². The number of carbonyl (C=O) groups is 1. The van der Waals surface area contributed by atoms with Crippen LogP contribution in [0.2, 0.25) is 5.02 Å². The predicted molar refractivity (Wildman–Crippen MR) is 116 cm³/mol. The largest absolute Gasteiger partial charge is 0.325 e. The topological polar surface area (TPSA) is 75.3 Å². The zero-order valence-corrected chi connectivity index (χ0v) is 17.7. The number of hydrogen-bond donors (Lipinski definition) is 2. The Balaban J connectivity index is 1.75. The Labute approximate surface area is 173 Å². The molecule has 146 valence electrons. The van der Waals surface area contributed by atoms with Crippen LogP contribution >= 0.6 is 23.4 Å². The summed E-state index contributed by atoms with van der Waals surface area (Å²) in [6.45, 7) is 1.70. The van der Waals surface area contributed by atoms with Crippen molar-refractivity contribution in [3.63, 3.8) is 0 Å². The van der Waals surface area contributed by atoms with Crippen LogP contribution < -0.4 is 10.0 Å². The van der Waals surface area contributed by atoms with Crippen LogP contribution in [0.3, 0.4) is 0 Å². The number of aryl methyl sites for hydroxylation is 1. The molecule has 0 aliphatic rings. The number of sulfonamides is 1. The Kier molecular flexibility index (Phi) is 6.30. The van der Waals surface area contributed by atoms with Crippen molar-refractivity contribution in [2.24, 2.45) is 0 Å². The molecule has 0 saturated heterocycles. The maximum absolute atomic E-state index is 12.4. The Morgan fingerprint density at radius 1 is 1.11 bits per heavy atom. The molecule has 0 aliphatic heterocycles. The van der Waals surface area contributed by atoms with Crippen molar-refractivity contribution in [3.05, 3.63) is 65.2 Å². The SMILES string of the molecule is CNS(=O)(=O)c1cc(NC(=O)CSc2cccc3cccc(Cl)c23)ccc1C. The fourth-order valence-electron chi connectivity index (χ4n) is 2.80. The molecular weight excluding hydrogens is 416 g/mol. The van der Waals surface area contributed by atoms with Crippen molar-refractivity contribution in [1.82, 2.24) is 4.72 Å². The van der Waals surface area contributed by atoms with Crippen LogP contribution in [0.15, 0.2) is 64.4 Å². The monoisotopic (exact) mass is 434 g/mol. The Morgan fingerprint density at radius 2 is 1.82 bits per heavy atom. The minimum Gasteiger partial charge on any atom is -0.325 e. The lowest BCUT2D eigenvalue weighted by atomic mass is 10.1. The minimum absolute atomic E-state index is 0.140. The number of amides is 1. The second kappa shape index (κ2) is 8.53. The highest BCUT2D eigenvalue weighted by Crippen LogP contribution is 2.33. The molecule has 2 N–H and O–H groups in total. The lowest BCUT2D eigenvalue weighted by Crippen LogP contribution is -2.20. The van der Waals surface area contributed by atoms with Crippen molar-refractivity contribution in [3.8, 4) is 0 Å². The highest BCUT2D eigenvalue weighted by molar-refractivity contribution is 8.00. The maximum Gasteiger partial charge on any atom is 0.240 e. The number of thioether (sulfide) groups is 1. The van der Waals surface area contributed by atoms with Gasteiger partial charge in [0.1, 0.15) is 0 Å². The summed E-state index contributed by atoms with van der Waals surface area (Å²) in [5.74, 6) is -0.0579. The fraction of sp³-hybridized carbons (Fsp3) is 0.150. The third-order valence-electron chi connectivity index (χ3n) is 4.20. The molecule has 3 aromatic rings. The van der Waals surface area contributed by atoms with Crippen LogP contribution in [0, 0.1) is 6.92 Å². The molecule has 0 fully saturated rings. The number of benzene rings is 3. The summed E-state index contributed by atoms with van der Waals surface area (Å²) in [5, 5.41) is 5.32. The third kappa shape index (κ3) is 4.50. The van der Waals surface area contributed by atoms with Crippen LogP contribution in [0.4, 0.5) is 5.69 Å². The van der Waals surface area contributed by atoms with E-state index < -0.39 is 10.0 Å². The molecule has 0 unspecified atom stereocenters. The summed E-state index contributed by atoms with van der Waals surface area (Å²) in [7, 11) is -2.24. The predicted octanol–water partition coefficient (Wildman–Crippen LogP) is 4.44. The van der Waals surface area contributed by atoms with Gasteiger partial charge >= 0.3 is 0 Å². The lowest BCUT2D eigenvalue weighted by Gasteiger charge is -2.11. The van der Waals surface area contributed by atoms with Gasteiger partial charge in [-0.25, -0.2) is 13.1 Å². The first-order valence-electron chi connectivity index (χ1n) is 8.46. The molecule has 28 heavy (non-hydrogen) atoms. The van der Waals surface area contributed by atoms with Gasteiger partial charge in [0.2, 0.25) is 15.9 Å². The summed E-state index contributed by atoms with van der Waals surface area (Å²) < 4.78 is 26.5. The van der Waals surface area contributed by atoms with Gasteiger partial charge in [-0.3, -0.25) is 4.79 Å². The molecule has 3 aromatic carbocycles. The van der Waals surface area contributed by atoms with Gasteiger partial charge in [0, 0.05) is 21.0 Å². The van der Waals surface area contributed by atoms with Crippen LogP contribution in [-0.4, -0.2) is 27.1 Å². The zero-order valence-electron chi connectivity index (χ0n) is 15.3. The number of fused-ring (bicyclic) bond motifs is 1. The van der Waals surface area contributed by atoms with E-state index in [-0.39, 0.29) is 16.6 Å². The normalized spacial score (nSPS) is 11.5. The van der Waals surface area contributed by atoms with E-state index in [9.17, 15) is 13.2 Å². The minimum atomic E-state index is -3.59. The highest BCUT2D eigenvalue weighted by Gasteiger charge is 2.16. The fourth-order valence-corrected chi connectivity index (χ4v) is 5.04. The summed E-state index contributed by atoms with van der Waals surface area (Å²) in [4.78, 5) is 13.4. The van der Waals surface area contributed by atoms with Crippen molar-refractivity contribution in [2.75, 3.05) is 18.1 Å². The molecule has 1 amide bonds. The molecule has 3 rings (SSSR count). The van der Waals surface area contributed by atoms with Crippen molar-refractivity contribution in [1.29, 1.82) is 0 Å². The average Bonchev–Trinajstić information content (AvgIpc) is 2.68. The second-order valence-corrected chi connectivity index (χ2v) is 9.40. The van der Waals surface area contributed by atoms with E-state index in [0.29, 0.717) is 16.3 Å². The van der Waals surface area contributed by atoms with E-state index in [0.717, 1.165) is 15.7 Å². The van der Waals surface area contributed by atoms with Gasteiger partial charge in [-0.15, -0.1) is 11.8 Å². The van der Waals surface area contributed by atoms with Crippen LogP contribution in [0.25, 0.3) is 10.8 Å². The van der Waals surface area contributed by atoms with Crippen LogP contribution in [0.1, 0.15) is 5.56 Å². The molecular formula is C20H19ClN2O3S2. The number of carbonyl (C=O) groups excluding carboxylic acids is 1. The van der Waals surface area contributed by atoms with Crippen LogP contribution in [-0.2, 0) is 14.8 Å². The molecule has 0 radical (unpaired) electrons. The molecule has 8 heteroatoms. The number of hydrogen-bond acceptors (Lipinski definition) is 4. The van der Waals surface area contributed by atoms with Gasteiger partial charge in [0.15, 0.2) is 0 Å². The molecule has 0 aliphatic carbocycles. The van der Waals surface area contributed by atoms with Gasteiger partial charge in [-0.05, 0) is 49.2 Å². The quantitative estimate of drug-likeness (QED) is 0.562. The van der Waals surface area contributed by atoms with Gasteiger partial charge in [0.05, 0.1) is 10.6 Å². The summed E-state index contributed by atoms with van der Waals surface area (Å²) in [5.41, 5.74) is 1.04. The van der Waals surface area contributed by atoms with Crippen molar-refractivity contribution in [2.45, 2.75) is 16.7 Å². The molecule has 5 nitrogen and oxygen atoms in total. The van der Waals surface area contributed by atoms with E-state index >= 15 is 0 Å². The van der Waals surface area contributed by atoms with E-state index in [1.54, 1.807) is 19.1 Å². The summed E-state index contributed by atoms with van der Waals surface area (Å²) in [6, 6.07) is 16.3. The van der Waals surface area contributed by atoms with E-state index in [1.807, 2.05) is 36.4 Å². The van der Waals surface area contributed by atoms with Gasteiger partial charge < -0.3 is 5.32 Å².